The van der Waals surface area contributed by atoms with E-state index in [0.29, 0.717) is 24.9 Å². The lowest BCUT2D eigenvalue weighted by atomic mass is 10.0. The molecule has 0 N–H and O–H groups in total. The number of aromatic nitrogens is 5. The Kier molecular flexibility index (Phi) is 4.88. The number of rotatable bonds is 6. The maximum absolute atomic E-state index is 12.2. The summed E-state index contributed by atoms with van der Waals surface area (Å²) in [6.45, 7) is 2.63. The summed E-state index contributed by atoms with van der Waals surface area (Å²) in [7, 11) is 1.63. The molecule has 0 aromatic carbocycles. The molecule has 3 aromatic heterocycles. The van der Waals surface area contributed by atoms with Gasteiger partial charge in [-0.25, -0.2) is 14.6 Å². The summed E-state index contributed by atoms with van der Waals surface area (Å²) < 4.78 is 6.62. The molecule has 1 saturated heterocycles. The fraction of sp³-hybridized carbons (Fsp3) is 0.316. The van der Waals surface area contributed by atoms with E-state index in [-0.39, 0.29) is 5.56 Å². The van der Waals surface area contributed by atoms with Crippen molar-refractivity contribution in [1.29, 1.82) is 0 Å². The summed E-state index contributed by atoms with van der Waals surface area (Å²) in [5.74, 6) is 1.90. The first-order chi connectivity index (χ1) is 13.2. The molecule has 0 bridgehead atoms. The Hall–Kier alpha value is -3.13. The first-order valence-electron chi connectivity index (χ1n) is 8.77. The Balaban J connectivity index is 1.43. The van der Waals surface area contributed by atoms with E-state index in [0.717, 1.165) is 30.2 Å². The molecule has 3 aromatic rings. The number of nitrogens with zero attached hydrogens (tertiary/aromatic N) is 6. The van der Waals surface area contributed by atoms with Gasteiger partial charge in [0.05, 0.1) is 12.2 Å². The van der Waals surface area contributed by atoms with Crippen molar-refractivity contribution < 1.29 is 4.74 Å². The molecule has 0 unspecified atom stereocenters. The number of hydrogen-bond donors (Lipinski definition) is 0. The molecule has 0 amide bonds. The average molecular weight is 364 g/mol. The van der Waals surface area contributed by atoms with E-state index < -0.39 is 0 Å². The van der Waals surface area contributed by atoms with Gasteiger partial charge in [-0.1, -0.05) is 0 Å². The molecule has 27 heavy (non-hydrogen) atoms. The van der Waals surface area contributed by atoms with Crippen LogP contribution in [0.15, 0.2) is 53.7 Å². The second-order valence-corrected chi connectivity index (χ2v) is 6.52. The predicted molar refractivity (Wildman–Crippen MR) is 100 cm³/mol. The van der Waals surface area contributed by atoms with Crippen LogP contribution in [0.25, 0.3) is 11.3 Å². The average Bonchev–Trinajstić information content (AvgIpc) is 2.67. The number of anilines is 1. The zero-order valence-electron chi connectivity index (χ0n) is 15.0. The summed E-state index contributed by atoms with van der Waals surface area (Å²) in [5.41, 5.74) is 1.55. The molecule has 138 valence electrons. The zero-order chi connectivity index (χ0) is 18.6. The van der Waals surface area contributed by atoms with Gasteiger partial charge in [-0.3, -0.25) is 9.78 Å². The molecule has 1 aliphatic rings. The van der Waals surface area contributed by atoms with Crippen LogP contribution in [0.4, 0.5) is 5.82 Å². The minimum absolute atomic E-state index is 0.0921. The van der Waals surface area contributed by atoms with Gasteiger partial charge in [0, 0.05) is 56.3 Å². The molecular weight excluding hydrogens is 344 g/mol. The van der Waals surface area contributed by atoms with Crippen LogP contribution in [0.2, 0.25) is 0 Å². The van der Waals surface area contributed by atoms with Crippen molar-refractivity contribution in [3.63, 3.8) is 0 Å². The van der Waals surface area contributed by atoms with E-state index >= 15 is 0 Å². The lowest BCUT2D eigenvalue weighted by Crippen LogP contribution is -2.50. The normalized spacial score (nSPS) is 14.2. The third-order valence-electron chi connectivity index (χ3n) is 4.50. The van der Waals surface area contributed by atoms with Gasteiger partial charge in [0.25, 0.3) is 5.56 Å². The summed E-state index contributed by atoms with van der Waals surface area (Å²) in [6.07, 6.45) is 5.20. The molecular formula is C19H20N6O2. The number of pyridine rings is 1. The molecule has 0 aliphatic carbocycles. The van der Waals surface area contributed by atoms with E-state index in [1.807, 2.05) is 18.2 Å². The highest BCUT2D eigenvalue weighted by Crippen LogP contribution is 2.23. The minimum atomic E-state index is -0.0921. The van der Waals surface area contributed by atoms with Crippen molar-refractivity contribution in [2.24, 2.45) is 5.92 Å². The van der Waals surface area contributed by atoms with Crippen molar-refractivity contribution in [3.05, 3.63) is 65.1 Å². The van der Waals surface area contributed by atoms with Gasteiger partial charge in [0.15, 0.2) is 5.82 Å². The molecule has 8 nitrogen and oxygen atoms in total. The van der Waals surface area contributed by atoms with Crippen molar-refractivity contribution in [2.75, 3.05) is 25.1 Å². The third kappa shape index (κ3) is 3.85. The van der Waals surface area contributed by atoms with Crippen LogP contribution < -0.4 is 10.5 Å². The fourth-order valence-electron chi connectivity index (χ4n) is 3.13. The molecule has 4 heterocycles. The first kappa shape index (κ1) is 17.3. The third-order valence-corrected chi connectivity index (χ3v) is 4.50. The van der Waals surface area contributed by atoms with Crippen molar-refractivity contribution >= 4 is 5.82 Å². The van der Waals surface area contributed by atoms with Crippen molar-refractivity contribution in [2.45, 2.75) is 13.2 Å². The monoisotopic (exact) mass is 364 g/mol. The standard InChI is InChI=1S/C19H20N6O2/c1-27-13-17-21-8-6-18(22-17)24-10-14(11-24)12-25-19(26)5-4-16(23-25)15-3-2-7-20-9-15/h2-9,14H,10-13H2,1H3. The lowest BCUT2D eigenvalue weighted by molar-refractivity contribution is 0.177. The smallest absolute Gasteiger partial charge is 0.266 e. The van der Waals surface area contributed by atoms with Gasteiger partial charge in [-0.2, -0.15) is 5.10 Å². The molecule has 0 spiro atoms. The van der Waals surface area contributed by atoms with Crippen LogP contribution in [0.1, 0.15) is 5.82 Å². The minimum Gasteiger partial charge on any atom is -0.377 e. The number of hydrogen-bond acceptors (Lipinski definition) is 7. The van der Waals surface area contributed by atoms with Gasteiger partial charge >= 0.3 is 0 Å². The molecule has 1 aliphatic heterocycles. The molecule has 0 saturated carbocycles. The second kappa shape index (κ2) is 7.63. The molecule has 1 fully saturated rings. The van der Waals surface area contributed by atoms with Crippen LogP contribution in [0.5, 0.6) is 0 Å². The summed E-state index contributed by atoms with van der Waals surface area (Å²) in [4.78, 5) is 27.1. The summed E-state index contributed by atoms with van der Waals surface area (Å²) >= 11 is 0. The van der Waals surface area contributed by atoms with Gasteiger partial charge < -0.3 is 9.64 Å². The number of ether oxygens (including phenoxy) is 1. The molecule has 0 radical (unpaired) electrons. The molecule has 8 heteroatoms. The quantitative estimate of drug-likeness (QED) is 0.653. The number of methoxy groups -OCH3 is 1. The highest BCUT2D eigenvalue weighted by atomic mass is 16.5. The van der Waals surface area contributed by atoms with Gasteiger partial charge in [0.2, 0.25) is 0 Å². The topological polar surface area (TPSA) is 86.0 Å². The highest BCUT2D eigenvalue weighted by Gasteiger charge is 2.29. The summed E-state index contributed by atoms with van der Waals surface area (Å²) in [5, 5.41) is 4.50. The Bertz CT molecular complexity index is 969. The van der Waals surface area contributed by atoms with E-state index in [2.05, 4.69) is 25.0 Å². The predicted octanol–water partition coefficient (Wildman–Crippen LogP) is 1.38. The zero-order valence-corrected chi connectivity index (χ0v) is 15.0. The van der Waals surface area contributed by atoms with Crippen LogP contribution in [-0.2, 0) is 17.9 Å². The van der Waals surface area contributed by atoms with Crippen LogP contribution in [-0.4, -0.2) is 44.9 Å². The lowest BCUT2D eigenvalue weighted by Gasteiger charge is -2.40. The first-order valence-corrected chi connectivity index (χ1v) is 8.77. The maximum Gasteiger partial charge on any atom is 0.266 e. The maximum atomic E-state index is 12.2. The van der Waals surface area contributed by atoms with Crippen molar-refractivity contribution in [3.8, 4) is 11.3 Å². The second-order valence-electron chi connectivity index (χ2n) is 6.52. The van der Waals surface area contributed by atoms with Gasteiger partial charge in [-0.15, -0.1) is 0 Å². The molecule has 0 atom stereocenters. The van der Waals surface area contributed by atoms with E-state index in [1.54, 1.807) is 42.5 Å². The highest BCUT2D eigenvalue weighted by molar-refractivity contribution is 5.56. The van der Waals surface area contributed by atoms with E-state index in [9.17, 15) is 4.79 Å². The van der Waals surface area contributed by atoms with E-state index in [1.165, 1.54) is 0 Å². The Morgan fingerprint density at radius 1 is 1.19 bits per heavy atom. The van der Waals surface area contributed by atoms with Crippen molar-refractivity contribution in [1.82, 2.24) is 24.7 Å². The van der Waals surface area contributed by atoms with Crippen LogP contribution >= 0.6 is 0 Å². The fourth-order valence-corrected chi connectivity index (χ4v) is 3.13. The van der Waals surface area contributed by atoms with Crippen LogP contribution in [0.3, 0.4) is 0 Å². The Morgan fingerprint density at radius 3 is 2.85 bits per heavy atom. The largest absolute Gasteiger partial charge is 0.377 e. The van der Waals surface area contributed by atoms with Gasteiger partial charge in [0.1, 0.15) is 12.4 Å². The van der Waals surface area contributed by atoms with Gasteiger partial charge in [-0.05, 0) is 24.3 Å². The Labute approximate surface area is 156 Å². The van der Waals surface area contributed by atoms with Crippen LogP contribution in [0, 0.1) is 5.92 Å². The van der Waals surface area contributed by atoms with E-state index in [4.69, 9.17) is 4.74 Å². The SMILES string of the molecule is COCc1nccc(N2CC(Cn3nc(-c4cccnc4)ccc3=O)C2)n1. The summed E-state index contributed by atoms with van der Waals surface area (Å²) in [6, 6.07) is 8.98. The molecule has 4 rings (SSSR count). The Morgan fingerprint density at radius 2 is 2.07 bits per heavy atom.